The summed E-state index contributed by atoms with van der Waals surface area (Å²) in [7, 11) is 0. The molecule has 29 heavy (non-hydrogen) atoms. The molecular weight excluding hydrogens is 370 g/mol. The number of carbonyl (C=O) groups excluding carboxylic acids is 2. The maximum Gasteiger partial charge on any atom is 0.247 e. The Morgan fingerprint density at radius 3 is 2.76 bits per heavy atom. The smallest absolute Gasteiger partial charge is 0.247 e. The maximum absolute atomic E-state index is 12.5. The molecule has 1 aromatic carbocycles. The van der Waals surface area contributed by atoms with Gasteiger partial charge in [0.15, 0.2) is 5.78 Å². The Morgan fingerprint density at radius 1 is 1.10 bits per heavy atom. The highest BCUT2D eigenvalue weighted by Gasteiger charge is 2.13. The molecular formula is C21H19N5O3. The molecule has 4 rings (SSSR count). The van der Waals surface area contributed by atoms with Gasteiger partial charge in [0.2, 0.25) is 5.91 Å². The number of nitrogens with zero attached hydrogens (tertiary/aromatic N) is 4. The third-order valence-corrected chi connectivity index (χ3v) is 4.43. The number of Topliss-reactive ketones (excluding diaryl/α,β-unsaturated/α-hetero) is 1. The highest BCUT2D eigenvalue weighted by atomic mass is 16.3. The molecule has 0 atom stereocenters. The fourth-order valence-corrected chi connectivity index (χ4v) is 3.08. The molecule has 8 nitrogen and oxygen atoms in total. The number of rotatable bonds is 7. The van der Waals surface area contributed by atoms with Crippen LogP contribution in [0.1, 0.15) is 23.0 Å². The van der Waals surface area contributed by atoms with Gasteiger partial charge in [0.25, 0.3) is 0 Å². The van der Waals surface area contributed by atoms with Crippen LogP contribution in [0.3, 0.4) is 0 Å². The van der Waals surface area contributed by atoms with Crippen molar-refractivity contribution in [3.05, 3.63) is 78.6 Å². The van der Waals surface area contributed by atoms with Crippen molar-refractivity contribution < 1.29 is 14.0 Å². The van der Waals surface area contributed by atoms with Crippen molar-refractivity contribution in [2.24, 2.45) is 0 Å². The second-order valence-electron chi connectivity index (χ2n) is 6.53. The van der Waals surface area contributed by atoms with E-state index in [1.165, 1.54) is 11.6 Å². The van der Waals surface area contributed by atoms with Crippen LogP contribution in [0, 0.1) is 0 Å². The Labute approximate surface area is 166 Å². The zero-order valence-corrected chi connectivity index (χ0v) is 15.8. The van der Waals surface area contributed by atoms with E-state index in [1.807, 2.05) is 24.3 Å². The Hall–Kier alpha value is -3.94. The van der Waals surface area contributed by atoms with Crippen LogP contribution in [-0.4, -0.2) is 31.3 Å². The number of benzene rings is 1. The molecule has 1 amide bonds. The van der Waals surface area contributed by atoms with Gasteiger partial charge < -0.3 is 9.73 Å². The van der Waals surface area contributed by atoms with Crippen LogP contribution in [0.25, 0.3) is 11.1 Å². The number of amides is 1. The van der Waals surface area contributed by atoms with Crippen LogP contribution in [0.15, 0.2) is 71.7 Å². The molecule has 0 saturated carbocycles. The topological polar surface area (TPSA) is 95.0 Å². The molecule has 3 heterocycles. The third-order valence-electron chi connectivity index (χ3n) is 4.43. The summed E-state index contributed by atoms with van der Waals surface area (Å²) in [6.45, 7) is 1.99. The molecule has 3 aromatic heterocycles. The number of hydrogen-bond acceptors (Lipinski definition) is 5. The van der Waals surface area contributed by atoms with E-state index in [0.29, 0.717) is 17.9 Å². The average Bonchev–Trinajstić information content (AvgIpc) is 3.46. The molecule has 4 aromatic rings. The van der Waals surface area contributed by atoms with Gasteiger partial charge in [-0.1, -0.05) is 24.3 Å². The van der Waals surface area contributed by atoms with E-state index >= 15 is 0 Å². The van der Waals surface area contributed by atoms with E-state index in [-0.39, 0.29) is 18.2 Å². The molecule has 0 unspecified atom stereocenters. The fraction of sp³-hybridized carbons (Fsp3) is 0.143. The van der Waals surface area contributed by atoms with E-state index in [4.69, 9.17) is 4.42 Å². The van der Waals surface area contributed by atoms with Gasteiger partial charge >= 0.3 is 0 Å². The third kappa shape index (κ3) is 4.16. The number of aromatic nitrogens is 4. The van der Waals surface area contributed by atoms with Crippen LogP contribution >= 0.6 is 0 Å². The number of anilines is 1. The summed E-state index contributed by atoms with van der Waals surface area (Å²) >= 11 is 0. The van der Waals surface area contributed by atoms with E-state index in [1.54, 1.807) is 47.7 Å². The lowest BCUT2D eigenvalue weighted by atomic mass is 10.0. The van der Waals surface area contributed by atoms with Crippen molar-refractivity contribution in [1.29, 1.82) is 0 Å². The van der Waals surface area contributed by atoms with Gasteiger partial charge in [0.1, 0.15) is 24.7 Å². The van der Waals surface area contributed by atoms with Crippen molar-refractivity contribution in [3.8, 4) is 11.1 Å². The molecule has 0 saturated heterocycles. The first kappa shape index (κ1) is 18.4. The predicted molar refractivity (Wildman–Crippen MR) is 106 cm³/mol. The highest BCUT2D eigenvalue weighted by Crippen LogP contribution is 2.23. The quantitative estimate of drug-likeness (QED) is 0.490. The van der Waals surface area contributed by atoms with Crippen molar-refractivity contribution in [3.63, 3.8) is 0 Å². The lowest BCUT2D eigenvalue weighted by Gasteiger charge is -2.08. The molecule has 0 radical (unpaired) electrons. The standard InChI is InChI=1S/C21H19N5O3/c1-15(27)18-6-2-3-7-19(18)16-11-23-25(12-16)14-21(28)24-20-8-9-22-26(20)13-17-5-4-10-29-17/h2-12H,13-14H2,1H3,(H,24,28). The largest absolute Gasteiger partial charge is 0.467 e. The van der Waals surface area contributed by atoms with Crippen LogP contribution < -0.4 is 5.32 Å². The molecule has 146 valence electrons. The van der Waals surface area contributed by atoms with Crippen LogP contribution in [0.4, 0.5) is 5.82 Å². The summed E-state index contributed by atoms with van der Waals surface area (Å²) in [6, 6.07) is 12.7. The van der Waals surface area contributed by atoms with Gasteiger partial charge in [-0.2, -0.15) is 10.2 Å². The number of hydrogen-bond donors (Lipinski definition) is 1. The first-order valence-electron chi connectivity index (χ1n) is 9.07. The summed E-state index contributed by atoms with van der Waals surface area (Å²) in [5, 5.41) is 11.3. The van der Waals surface area contributed by atoms with Gasteiger partial charge in [-0.25, -0.2) is 4.68 Å². The summed E-state index contributed by atoms with van der Waals surface area (Å²) < 4.78 is 8.51. The van der Waals surface area contributed by atoms with Crippen molar-refractivity contribution in [2.45, 2.75) is 20.0 Å². The van der Waals surface area contributed by atoms with Crippen LogP contribution in [-0.2, 0) is 17.9 Å². The normalized spacial score (nSPS) is 10.8. The molecule has 0 spiro atoms. The Bertz CT molecular complexity index is 1140. The lowest BCUT2D eigenvalue weighted by Crippen LogP contribution is -2.21. The van der Waals surface area contributed by atoms with Crippen molar-refractivity contribution in [1.82, 2.24) is 19.6 Å². The molecule has 0 aliphatic heterocycles. The van der Waals surface area contributed by atoms with Crippen molar-refractivity contribution in [2.75, 3.05) is 5.32 Å². The SMILES string of the molecule is CC(=O)c1ccccc1-c1cnn(CC(=O)Nc2ccnn2Cc2ccco2)c1. The summed E-state index contributed by atoms with van der Waals surface area (Å²) in [4.78, 5) is 24.3. The minimum absolute atomic E-state index is 0.0177. The van der Waals surface area contributed by atoms with Crippen LogP contribution in [0.5, 0.6) is 0 Å². The van der Waals surface area contributed by atoms with E-state index in [0.717, 1.165) is 16.9 Å². The van der Waals surface area contributed by atoms with Crippen molar-refractivity contribution >= 4 is 17.5 Å². The lowest BCUT2D eigenvalue weighted by molar-refractivity contribution is -0.117. The van der Waals surface area contributed by atoms with E-state index in [2.05, 4.69) is 15.5 Å². The maximum atomic E-state index is 12.5. The fourth-order valence-electron chi connectivity index (χ4n) is 3.08. The van der Waals surface area contributed by atoms with E-state index in [9.17, 15) is 9.59 Å². The summed E-state index contributed by atoms with van der Waals surface area (Å²) in [5.41, 5.74) is 2.20. The first-order chi connectivity index (χ1) is 14.1. The first-order valence-corrected chi connectivity index (χ1v) is 9.07. The van der Waals surface area contributed by atoms with E-state index < -0.39 is 0 Å². The second kappa shape index (κ2) is 7.97. The number of ketones is 1. The Kier molecular flexibility index (Phi) is 5.07. The number of carbonyl (C=O) groups is 2. The molecule has 1 N–H and O–H groups in total. The molecule has 0 aliphatic rings. The zero-order chi connectivity index (χ0) is 20.2. The molecule has 8 heteroatoms. The average molecular weight is 389 g/mol. The molecule has 0 aliphatic carbocycles. The Balaban J connectivity index is 1.44. The van der Waals surface area contributed by atoms with Gasteiger partial charge in [-0.05, 0) is 24.6 Å². The highest BCUT2D eigenvalue weighted by molar-refractivity contribution is 6.00. The molecule has 0 bridgehead atoms. The van der Waals surface area contributed by atoms with Gasteiger partial charge in [0.05, 0.1) is 18.7 Å². The zero-order valence-electron chi connectivity index (χ0n) is 15.8. The minimum Gasteiger partial charge on any atom is -0.467 e. The second-order valence-corrected chi connectivity index (χ2v) is 6.53. The minimum atomic E-state index is -0.235. The summed E-state index contributed by atoms with van der Waals surface area (Å²) in [5.74, 6) is 1.06. The van der Waals surface area contributed by atoms with Gasteiger partial charge in [0, 0.05) is 23.4 Å². The molecule has 0 fully saturated rings. The monoisotopic (exact) mass is 389 g/mol. The number of nitrogens with one attached hydrogen (secondary N) is 1. The van der Waals surface area contributed by atoms with Gasteiger partial charge in [-0.3, -0.25) is 14.3 Å². The predicted octanol–water partition coefficient (Wildman–Crippen LogP) is 3.23. The van der Waals surface area contributed by atoms with Gasteiger partial charge in [-0.15, -0.1) is 0 Å². The van der Waals surface area contributed by atoms with Crippen LogP contribution in [0.2, 0.25) is 0 Å². The Morgan fingerprint density at radius 2 is 1.97 bits per heavy atom. The summed E-state index contributed by atoms with van der Waals surface area (Å²) in [6.07, 6.45) is 6.61. The number of furan rings is 1.